The van der Waals surface area contributed by atoms with Crippen molar-refractivity contribution in [3.8, 4) is 11.5 Å². The van der Waals surface area contributed by atoms with E-state index in [0.29, 0.717) is 0 Å². The predicted octanol–water partition coefficient (Wildman–Crippen LogP) is 3.12. The minimum absolute atomic E-state index is 0.227. The highest BCUT2D eigenvalue weighted by molar-refractivity contribution is 7.10. The van der Waals surface area contributed by atoms with Gasteiger partial charge in [0.15, 0.2) is 0 Å². The summed E-state index contributed by atoms with van der Waals surface area (Å²) in [5, 5.41) is 1.98. The van der Waals surface area contributed by atoms with Crippen molar-refractivity contribution in [2.24, 2.45) is 5.73 Å². The lowest BCUT2D eigenvalue weighted by molar-refractivity contribution is 0.402. The molecule has 18 heavy (non-hydrogen) atoms. The number of thiophene rings is 1. The molecule has 0 amide bonds. The van der Waals surface area contributed by atoms with Crippen molar-refractivity contribution in [2.75, 3.05) is 14.2 Å². The van der Waals surface area contributed by atoms with Gasteiger partial charge >= 0.3 is 0 Å². The minimum atomic E-state index is -0.227. The van der Waals surface area contributed by atoms with Crippen molar-refractivity contribution in [3.05, 3.63) is 45.6 Å². The quantitative estimate of drug-likeness (QED) is 0.921. The second-order valence-corrected chi connectivity index (χ2v) is 5.02. The maximum Gasteiger partial charge on any atom is 0.134 e. The van der Waals surface area contributed by atoms with Crippen molar-refractivity contribution in [1.82, 2.24) is 0 Å². The predicted molar refractivity (Wildman–Crippen MR) is 74.6 cm³/mol. The van der Waals surface area contributed by atoms with Crippen molar-refractivity contribution in [3.63, 3.8) is 0 Å². The Morgan fingerprint density at radius 2 is 1.83 bits per heavy atom. The van der Waals surface area contributed by atoms with Crippen molar-refractivity contribution < 1.29 is 9.47 Å². The Labute approximate surface area is 111 Å². The van der Waals surface area contributed by atoms with E-state index in [9.17, 15) is 0 Å². The van der Waals surface area contributed by atoms with Crippen LogP contribution in [0.2, 0.25) is 0 Å². The summed E-state index contributed by atoms with van der Waals surface area (Å²) < 4.78 is 10.7. The second-order valence-electron chi connectivity index (χ2n) is 4.08. The second kappa shape index (κ2) is 5.42. The molecule has 0 saturated heterocycles. The third kappa shape index (κ3) is 2.35. The SMILES string of the molecule is COc1ccc(C)cc1C(N)c1sccc1OC. The van der Waals surface area contributed by atoms with Crippen LogP contribution < -0.4 is 15.2 Å². The Balaban J connectivity index is 2.45. The molecule has 0 aliphatic heterocycles. The molecule has 2 rings (SSSR count). The number of methoxy groups -OCH3 is 2. The summed E-state index contributed by atoms with van der Waals surface area (Å²) in [4.78, 5) is 1.02. The monoisotopic (exact) mass is 263 g/mol. The minimum Gasteiger partial charge on any atom is -0.496 e. The summed E-state index contributed by atoms with van der Waals surface area (Å²) in [6.45, 7) is 2.04. The fraction of sp³-hybridized carbons (Fsp3) is 0.286. The third-order valence-electron chi connectivity index (χ3n) is 2.88. The molecule has 96 valence electrons. The van der Waals surface area contributed by atoms with E-state index < -0.39 is 0 Å². The Hall–Kier alpha value is -1.52. The van der Waals surface area contributed by atoms with Gasteiger partial charge in [-0.2, -0.15) is 0 Å². The lowest BCUT2D eigenvalue weighted by Crippen LogP contribution is -2.12. The zero-order chi connectivity index (χ0) is 13.1. The fourth-order valence-corrected chi connectivity index (χ4v) is 2.82. The van der Waals surface area contributed by atoms with Crippen LogP contribution in [0, 0.1) is 6.92 Å². The molecule has 2 aromatic rings. The van der Waals surface area contributed by atoms with Crippen LogP contribution in [-0.2, 0) is 0 Å². The van der Waals surface area contributed by atoms with Gasteiger partial charge in [-0.15, -0.1) is 11.3 Å². The Morgan fingerprint density at radius 1 is 1.11 bits per heavy atom. The first-order valence-corrected chi connectivity index (χ1v) is 6.56. The van der Waals surface area contributed by atoms with Crippen molar-refractivity contribution >= 4 is 11.3 Å². The molecule has 0 aliphatic carbocycles. The average molecular weight is 263 g/mol. The maximum absolute atomic E-state index is 6.33. The molecule has 0 saturated carbocycles. The lowest BCUT2D eigenvalue weighted by atomic mass is 10.0. The highest BCUT2D eigenvalue weighted by atomic mass is 32.1. The number of nitrogens with two attached hydrogens (primary N) is 1. The standard InChI is InChI=1S/C14H17NO2S/c1-9-4-5-11(16-2)10(8-9)13(15)14-12(17-3)6-7-18-14/h4-8,13H,15H2,1-3H3. The molecule has 1 aromatic carbocycles. The van der Waals surface area contributed by atoms with Gasteiger partial charge < -0.3 is 15.2 Å². The molecule has 1 heterocycles. The van der Waals surface area contributed by atoms with Gasteiger partial charge in [0.25, 0.3) is 0 Å². The van der Waals surface area contributed by atoms with Crippen LogP contribution in [0.15, 0.2) is 29.6 Å². The van der Waals surface area contributed by atoms with E-state index in [1.54, 1.807) is 25.6 Å². The maximum atomic E-state index is 6.33. The Bertz CT molecular complexity index is 536. The van der Waals surface area contributed by atoms with E-state index in [0.717, 1.165) is 27.5 Å². The van der Waals surface area contributed by atoms with E-state index in [4.69, 9.17) is 15.2 Å². The summed E-state index contributed by atoms with van der Waals surface area (Å²) in [6.07, 6.45) is 0. The molecular weight excluding hydrogens is 246 g/mol. The smallest absolute Gasteiger partial charge is 0.134 e. The molecule has 1 unspecified atom stereocenters. The Morgan fingerprint density at radius 3 is 2.50 bits per heavy atom. The van der Waals surface area contributed by atoms with Crippen LogP contribution in [0.25, 0.3) is 0 Å². The number of ether oxygens (including phenoxy) is 2. The Kier molecular flexibility index (Phi) is 3.89. The molecule has 0 fully saturated rings. The fourth-order valence-electron chi connectivity index (χ4n) is 1.94. The van der Waals surface area contributed by atoms with E-state index in [2.05, 4.69) is 6.07 Å². The largest absolute Gasteiger partial charge is 0.496 e. The van der Waals surface area contributed by atoms with Gasteiger partial charge in [-0.1, -0.05) is 17.7 Å². The number of benzene rings is 1. The van der Waals surface area contributed by atoms with Crippen molar-refractivity contribution in [1.29, 1.82) is 0 Å². The molecule has 2 N–H and O–H groups in total. The topological polar surface area (TPSA) is 44.5 Å². The van der Waals surface area contributed by atoms with Gasteiger partial charge in [-0.25, -0.2) is 0 Å². The molecule has 3 nitrogen and oxygen atoms in total. The first-order valence-electron chi connectivity index (χ1n) is 5.69. The number of hydrogen-bond donors (Lipinski definition) is 1. The molecule has 0 bridgehead atoms. The summed E-state index contributed by atoms with van der Waals surface area (Å²) in [5.74, 6) is 1.64. The molecule has 1 atom stereocenters. The van der Waals surface area contributed by atoms with Gasteiger partial charge in [-0.05, 0) is 24.4 Å². The summed E-state index contributed by atoms with van der Waals surface area (Å²) >= 11 is 1.60. The number of rotatable bonds is 4. The van der Waals surface area contributed by atoms with E-state index >= 15 is 0 Å². The normalized spacial score (nSPS) is 12.2. The van der Waals surface area contributed by atoms with Gasteiger partial charge in [0, 0.05) is 5.56 Å². The van der Waals surface area contributed by atoms with Crippen LogP contribution in [0.5, 0.6) is 11.5 Å². The highest BCUT2D eigenvalue weighted by Crippen LogP contribution is 2.36. The van der Waals surface area contributed by atoms with E-state index in [1.165, 1.54) is 0 Å². The van der Waals surface area contributed by atoms with Gasteiger partial charge in [0.1, 0.15) is 11.5 Å². The van der Waals surface area contributed by atoms with Crippen LogP contribution in [0.3, 0.4) is 0 Å². The first-order chi connectivity index (χ1) is 8.67. The number of aryl methyl sites for hydroxylation is 1. The van der Waals surface area contributed by atoms with Gasteiger partial charge in [0.05, 0.1) is 25.1 Å². The van der Waals surface area contributed by atoms with Crippen LogP contribution >= 0.6 is 11.3 Å². The zero-order valence-electron chi connectivity index (χ0n) is 10.8. The van der Waals surface area contributed by atoms with Crippen LogP contribution in [0.4, 0.5) is 0 Å². The van der Waals surface area contributed by atoms with E-state index in [1.807, 2.05) is 30.5 Å². The third-order valence-corrected chi connectivity index (χ3v) is 3.86. The molecule has 1 aromatic heterocycles. The van der Waals surface area contributed by atoms with E-state index in [-0.39, 0.29) is 6.04 Å². The highest BCUT2D eigenvalue weighted by Gasteiger charge is 2.19. The first kappa shape index (κ1) is 12.9. The summed E-state index contributed by atoms with van der Waals surface area (Å²) in [5.41, 5.74) is 8.48. The van der Waals surface area contributed by atoms with Crippen LogP contribution in [0.1, 0.15) is 22.0 Å². The zero-order valence-corrected chi connectivity index (χ0v) is 11.6. The average Bonchev–Trinajstić information content (AvgIpc) is 2.86. The summed E-state index contributed by atoms with van der Waals surface area (Å²) in [6, 6.07) is 7.73. The lowest BCUT2D eigenvalue weighted by Gasteiger charge is -2.16. The van der Waals surface area contributed by atoms with Crippen molar-refractivity contribution in [2.45, 2.75) is 13.0 Å². The molecule has 0 spiro atoms. The van der Waals surface area contributed by atoms with Crippen LogP contribution in [-0.4, -0.2) is 14.2 Å². The van der Waals surface area contributed by atoms with Gasteiger partial charge in [0.2, 0.25) is 0 Å². The molecule has 0 aliphatic rings. The van der Waals surface area contributed by atoms with Gasteiger partial charge in [-0.3, -0.25) is 0 Å². The molecule has 0 radical (unpaired) electrons. The number of hydrogen-bond acceptors (Lipinski definition) is 4. The molecule has 4 heteroatoms. The summed E-state index contributed by atoms with van der Waals surface area (Å²) in [7, 11) is 3.32. The molecular formula is C14H17NO2S.